The van der Waals surface area contributed by atoms with E-state index in [0.29, 0.717) is 67.3 Å². The van der Waals surface area contributed by atoms with Crippen LogP contribution in [0.1, 0.15) is 62.8 Å². The molecule has 0 atom stereocenters. The number of benzene rings is 2. The van der Waals surface area contributed by atoms with Crippen molar-refractivity contribution >= 4 is 17.7 Å². The molecule has 7 rings (SSSR count). The molecule has 3 N–H and O–H groups in total. The number of ether oxygens (including phenoxy) is 1. The van der Waals surface area contributed by atoms with Gasteiger partial charge in [-0.05, 0) is 118 Å². The van der Waals surface area contributed by atoms with Gasteiger partial charge >= 0.3 is 6.09 Å². The minimum Gasteiger partial charge on any atom is -0.449 e. The van der Waals surface area contributed by atoms with Crippen molar-refractivity contribution in [2.24, 2.45) is 11.8 Å². The number of nitrogens with zero attached hydrogens (tertiary/aromatic N) is 5. The normalized spacial score (nSPS) is 20.5. The van der Waals surface area contributed by atoms with Gasteiger partial charge in [-0.15, -0.1) is 0 Å². The van der Waals surface area contributed by atoms with Crippen LogP contribution >= 0.6 is 0 Å². The lowest BCUT2D eigenvalue weighted by Gasteiger charge is -2.37. The Morgan fingerprint density at radius 2 is 1.63 bits per heavy atom. The molecule has 1 amide bonds. The lowest BCUT2D eigenvalue weighted by molar-refractivity contribution is 0.0666. The molecule has 0 unspecified atom stereocenters. The van der Waals surface area contributed by atoms with E-state index in [1.54, 1.807) is 53.6 Å². The van der Waals surface area contributed by atoms with E-state index in [1.165, 1.54) is 16.7 Å². The standard InChI is InChI=1S/C40H47F2N7O3/c41-35-23-31(43)11-12-34(35)29-13-18-47(19-14-29)25-27-7-9-28(10-8-27)26-52-40(51)48-20-15-32(16-21-48)45-39-44-24-36(42)38(46-39)30-4-3-5-33(22-30)49-17-2-1-6-37(49)50/h1-6,11-12,17,22-24,27-29,32H,7-10,13-16,18-21,25-26,43H2,(H,44,45,46)/t27-,28-. The maximum absolute atomic E-state index is 14.9. The maximum atomic E-state index is 14.9. The average Bonchev–Trinajstić information content (AvgIpc) is 3.16. The zero-order valence-corrected chi connectivity index (χ0v) is 29.4. The molecule has 4 aromatic rings. The fourth-order valence-corrected chi connectivity index (χ4v) is 8.00. The van der Waals surface area contributed by atoms with Gasteiger partial charge in [0.25, 0.3) is 5.56 Å². The highest BCUT2D eigenvalue weighted by Crippen LogP contribution is 2.34. The summed E-state index contributed by atoms with van der Waals surface area (Å²) in [6.45, 7) is 4.61. The van der Waals surface area contributed by atoms with Crippen molar-refractivity contribution in [3.05, 3.63) is 101 Å². The van der Waals surface area contributed by atoms with Gasteiger partial charge in [-0.25, -0.2) is 23.5 Å². The average molecular weight is 712 g/mol. The summed E-state index contributed by atoms with van der Waals surface area (Å²) in [5, 5.41) is 3.32. The predicted octanol–water partition coefficient (Wildman–Crippen LogP) is 6.85. The Morgan fingerprint density at radius 1 is 0.865 bits per heavy atom. The molecule has 2 aliphatic heterocycles. The maximum Gasteiger partial charge on any atom is 0.409 e. The molecule has 12 heteroatoms. The second kappa shape index (κ2) is 16.2. The fraction of sp³-hybridized carbons (Fsp3) is 0.450. The molecule has 1 aliphatic carbocycles. The van der Waals surface area contributed by atoms with Gasteiger partial charge in [0.15, 0.2) is 5.82 Å². The Labute approximate surface area is 303 Å². The lowest BCUT2D eigenvalue weighted by Crippen LogP contribution is -2.43. The molecule has 4 heterocycles. The number of amides is 1. The number of halogens is 2. The summed E-state index contributed by atoms with van der Waals surface area (Å²) in [4.78, 5) is 38.2. The van der Waals surface area contributed by atoms with E-state index in [9.17, 15) is 18.4 Å². The molecule has 10 nitrogen and oxygen atoms in total. The van der Waals surface area contributed by atoms with Gasteiger partial charge in [-0.1, -0.05) is 24.3 Å². The first kappa shape index (κ1) is 35.6. The second-order valence-corrected chi connectivity index (χ2v) is 14.6. The Balaban J connectivity index is 0.819. The van der Waals surface area contributed by atoms with Crippen LogP contribution in [0.25, 0.3) is 16.9 Å². The Bertz CT molecular complexity index is 1900. The smallest absolute Gasteiger partial charge is 0.409 e. The van der Waals surface area contributed by atoms with E-state index in [2.05, 4.69) is 20.2 Å². The molecule has 2 aromatic carbocycles. The highest BCUT2D eigenvalue weighted by atomic mass is 19.1. The summed E-state index contributed by atoms with van der Waals surface area (Å²) < 4.78 is 36.6. The summed E-state index contributed by atoms with van der Waals surface area (Å²) >= 11 is 0. The van der Waals surface area contributed by atoms with Crippen LogP contribution in [-0.4, -0.2) is 75.8 Å². The molecule has 2 saturated heterocycles. The fourth-order valence-electron chi connectivity index (χ4n) is 8.00. The molecule has 3 aliphatic rings. The molecule has 2 aromatic heterocycles. The van der Waals surface area contributed by atoms with E-state index in [1.807, 2.05) is 6.07 Å². The third-order valence-electron chi connectivity index (χ3n) is 11.0. The molecule has 274 valence electrons. The minimum absolute atomic E-state index is 0.0246. The second-order valence-electron chi connectivity index (χ2n) is 14.6. The van der Waals surface area contributed by atoms with Crippen molar-refractivity contribution in [3.63, 3.8) is 0 Å². The van der Waals surface area contributed by atoms with Gasteiger partial charge in [0.2, 0.25) is 5.95 Å². The number of carbonyl (C=O) groups is 1. The lowest BCUT2D eigenvalue weighted by atomic mass is 9.81. The van der Waals surface area contributed by atoms with Gasteiger partial charge in [-0.2, -0.15) is 0 Å². The van der Waals surface area contributed by atoms with Crippen molar-refractivity contribution in [3.8, 4) is 16.9 Å². The van der Waals surface area contributed by atoms with Crippen LogP contribution in [0.15, 0.2) is 77.9 Å². The summed E-state index contributed by atoms with van der Waals surface area (Å²) in [7, 11) is 0. The van der Waals surface area contributed by atoms with Crippen LogP contribution < -0.4 is 16.6 Å². The first-order chi connectivity index (χ1) is 25.3. The van der Waals surface area contributed by atoms with Crippen molar-refractivity contribution in [1.82, 2.24) is 24.3 Å². The monoisotopic (exact) mass is 711 g/mol. The van der Waals surface area contributed by atoms with Crippen LogP contribution in [0.2, 0.25) is 0 Å². The van der Waals surface area contributed by atoms with Crippen LogP contribution in [0, 0.1) is 23.5 Å². The molecule has 3 fully saturated rings. The van der Waals surface area contributed by atoms with Crippen LogP contribution in [0.4, 0.5) is 25.2 Å². The first-order valence-electron chi connectivity index (χ1n) is 18.6. The number of likely N-dealkylation sites (tertiary alicyclic amines) is 2. The Morgan fingerprint density at radius 3 is 2.38 bits per heavy atom. The minimum atomic E-state index is -0.556. The van der Waals surface area contributed by atoms with Crippen LogP contribution in [-0.2, 0) is 4.74 Å². The number of aromatic nitrogens is 3. The van der Waals surface area contributed by atoms with Crippen molar-refractivity contribution in [2.75, 3.05) is 50.4 Å². The topological polar surface area (TPSA) is 119 Å². The number of nitrogen functional groups attached to an aromatic ring is 1. The third-order valence-corrected chi connectivity index (χ3v) is 11.0. The highest BCUT2D eigenvalue weighted by Gasteiger charge is 2.29. The van der Waals surface area contributed by atoms with E-state index in [-0.39, 0.29) is 35.1 Å². The third kappa shape index (κ3) is 8.61. The van der Waals surface area contributed by atoms with Crippen molar-refractivity contribution in [2.45, 2.75) is 63.3 Å². The van der Waals surface area contributed by atoms with Crippen LogP contribution in [0.3, 0.4) is 0 Å². The predicted molar refractivity (Wildman–Crippen MR) is 197 cm³/mol. The summed E-state index contributed by atoms with van der Waals surface area (Å²) in [5.41, 5.74) is 8.10. The number of piperidine rings is 2. The molecule has 0 bridgehead atoms. The molecular formula is C40H47F2N7O3. The van der Waals surface area contributed by atoms with E-state index < -0.39 is 5.82 Å². The summed E-state index contributed by atoms with van der Waals surface area (Å²) in [6.07, 6.45) is 10.3. The van der Waals surface area contributed by atoms with Gasteiger partial charge in [0.05, 0.1) is 12.8 Å². The van der Waals surface area contributed by atoms with E-state index >= 15 is 0 Å². The number of hydrogen-bond acceptors (Lipinski definition) is 8. The van der Waals surface area contributed by atoms with E-state index in [4.69, 9.17) is 10.5 Å². The number of hydrogen-bond donors (Lipinski definition) is 2. The van der Waals surface area contributed by atoms with Crippen molar-refractivity contribution in [1.29, 1.82) is 0 Å². The first-order valence-corrected chi connectivity index (χ1v) is 18.6. The molecule has 0 spiro atoms. The van der Waals surface area contributed by atoms with Crippen LogP contribution in [0.5, 0.6) is 0 Å². The molecule has 1 saturated carbocycles. The number of pyridine rings is 1. The number of nitrogens with one attached hydrogen (secondary N) is 1. The SMILES string of the molecule is Nc1ccc(C2CCN(C[C@H]3CC[C@H](COC(=O)N4CCC(Nc5ncc(F)c(-c6cccc(-n7ccccc7=O)c6)n5)CC4)CC3)CC2)c(F)c1. The van der Waals surface area contributed by atoms with E-state index in [0.717, 1.165) is 69.9 Å². The molecule has 0 radical (unpaired) electrons. The molecular weight excluding hydrogens is 664 g/mol. The summed E-state index contributed by atoms with van der Waals surface area (Å²) in [6, 6.07) is 17.0. The summed E-state index contributed by atoms with van der Waals surface area (Å²) in [5.74, 6) is 0.863. The zero-order chi connectivity index (χ0) is 36.0. The molecule has 52 heavy (non-hydrogen) atoms. The number of rotatable bonds is 9. The highest BCUT2D eigenvalue weighted by molar-refractivity contribution is 5.68. The van der Waals surface area contributed by atoms with Crippen molar-refractivity contribution < 1.29 is 18.3 Å². The van der Waals surface area contributed by atoms with Gasteiger partial charge in [0, 0.05) is 54.9 Å². The van der Waals surface area contributed by atoms with Gasteiger partial charge in [0.1, 0.15) is 11.5 Å². The van der Waals surface area contributed by atoms with Gasteiger partial charge < -0.3 is 25.6 Å². The largest absolute Gasteiger partial charge is 0.449 e. The Hall–Kier alpha value is -4.84. The number of anilines is 2. The van der Waals surface area contributed by atoms with Gasteiger partial charge in [-0.3, -0.25) is 9.36 Å². The quantitative estimate of drug-likeness (QED) is 0.181. The zero-order valence-electron chi connectivity index (χ0n) is 29.4. The Kier molecular flexibility index (Phi) is 11.1. The number of carbonyl (C=O) groups excluding carboxylic acids is 1. The number of nitrogens with two attached hydrogens (primary N) is 1.